The van der Waals surface area contributed by atoms with Gasteiger partial charge in [0.1, 0.15) is 17.1 Å². The first-order valence-corrected chi connectivity index (χ1v) is 10.2. The molecule has 0 aliphatic heterocycles. The van der Waals surface area contributed by atoms with Crippen LogP contribution in [-0.2, 0) is 4.79 Å². The van der Waals surface area contributed by atoms with Gasteiger partial charge >= 0.3 is 0 Å². The number of thioether (sulfide) groups is 1. The lowest BCUT2D eigenvalue weighted by Crippen LogP contribution is -2.24. The standard InChI is InChI=1S/C22H23N3O2S/c1-3-20(22(26)25-17-10-12-18(13-11-17)27-4-2)28-21-14-19(23-15-24-21)16-8-6-5-7-9-16/h5-15,20H,3-4H2,1-2H3,(H,25,26). The summed E-state index contributed by atoms with van der Waals surface area (Å²) in [6, 6.07) is 19.3. The van der Waals surface area contributed by atoms with Crippen molar-refractivity contribution in [3.63, 3.8) is 0 Å². The Morgan fingerprint density at radius 3 is 2.50 bits per heavy atom. The molecule has 144 valence electrons. The Morgan fingerprint density at radius 1 is 1.07 bits per heavy atom. The van der Waals surface area contributed by atoms with Crippen LogP contribution < -0.4 is 10.1 Å². The third-order valence-electron chi connectivity index (χ3n) is 4.07. The van der Waals surface area contributed by atoms with Crippen LogP contribution in [0.4, 0.5) is 5.69 Å². The van der Waals surface area contributed by atoms with Crippen LogP contribution in [0.2, 0.25) is 0 Å². The number of carbonyl (C=O) groups is 1. The summed E-state index contributed by atoms with van der Waals surface area (Å²) < 4.78 is 5.43. The van der Waals surface area contributed by atoms with Crippen LogP contribution in [0.25, 0.3) is 11.3 Å². The van der Waals surface area contributed by atoms with Gasteiger partial charge in [-0.05, 0) is 43.7 Å². The molecular weight excluding hydrogens is 370 g/mol. The van der Waals surface area contributed by atoms with Gasteiger partial charge in [0.25, 0.3) is 0 Å². The summed E-state index contributed by atoms with van der Waals surface area (Å²) in [5, 5.41) is 3.50. The van der Waals surface area contributed by atoms with Gasteiger partial charge in [-0.25, -0.2) is 9.97 Å². The van der Waals surface area contributed by atoms with Crippen molar-refractivity contribution in [3.05, 3.63) is 67.0 Å². The van der Waals surface area contributed by atoms with Crippen molar-refractivity contribution >= 4 is 23.4 Å². The molecule has 0 spiro atoms. The van der Waals surface area contributed by atoms with Crippen LogP contribution in [-0.4, -0.2) is 27.7 Å². The maximum absolute atomic E-state index is 12.7. The average Bonchev–Trinajstić information content (AvgIpc) is 2.74. The maximum Gasteiger partial charge on any atom is 0.237 e. The molecule has 28 heavy (non-hydrogen) atoms. The molecule has 1 amide bonds. The van der Waals surface area contributed by atoms with Gasteiger partial charge in [0.05, 0.1) is 17.6 Å². The van der Waals surface area contributed by atoms with Crippen molar-refractivity contribution in [3.8, 4) is 17.0 Å². The van der Waals surface area contributed by atoms with Gasteiger partial charge in [-0.15, -0.1) is 0 Å². The van der Waals surface area contributed by atoms with E-state index in [1.165, 1.54) is 11.8 Å². The van der Waals surface area contributed by atoms with Crippen molar-refractivity contribution in [1.29, 1.82) is 0 Å². The molecule has 0 saturated carbocycles. The summed E-state index contributed by atoms with van der Waals surface area (Å²) in [4.78, 5) is 21.4. The van der Waals surface area contributed by atoms with Gasteiger partial charge in [-0.2, -0.15) is 0 Å². The second kappa shape index (κ2) is 9.90. The van der Waals surface area contributed by atoms with Gasteiger partial charge in [0.15, 0.2) is 0 Å². The topological polar surface area (TPSA) is 64.1 Å². The van der Waals surface area contributed by atoms with E-state index in [-0.39, 0.29) is 11.2 Å². The molecule has 1 atom stereocenters. The zero-order valence-electron chi connectivity index (χ0n) is 16.0. The molecule has 5 nitrogen and oxygen atoms in total. The number of anilines is 1. The van der Waals surface area contributed by atoms with Crippen molar-refractivity contribution < 1.29 is 9.53 Å². The SMILES string of the molecule is CCOc1ccc(NC(=O)C(CC)Sc2cc(-c3ccccc3)ncn2)cc1. The minimum atomic E-state index is -0.245. The molecule has 3 rings (SSSR count). The van der Waals surface area contributed by atoms with E-state index in [2.05, 4.69) is 15.3 Å². The number of hydrogen-bond acceptors (Lipinski definition) is 5. The number of amides is 1. The summed E-state index contributed by atoms with van der Waals surface area (Å²) in [5.41, 5.74) is 2.62. The zero-order valence-corrected chi connectivity index (χ0v) is 16.8. The number of rotatable bonds is 8. The fraction of sp³-hybridized carbons (Fsp3) is 0.227. The molecule has 3 aromatic rings. The normalized spacial score (nSPS) is 11.6. The number of carbonyl (C=O) groups excluding carboxylic acids is 1. The van der Waals surface area contributed by atoms with Gasteiger partial charge in [-0.3, -0.25) is 4.79 Å². The Hall–Kier alpha value is -2.86. The molecule has 1 unspecified atom stereocenters. The number of hydrogen-bond donors (Lipinski definition) is 1. The first-order valence-electron chi connectivity index (χ1n) is 9.27. The summed E-state index contributed by atoms with van der Waals surface area (Å²) in [6.07, 6.45) is 2.24. The summed E-state index contributed by atoms with van der Waals surface area (Å²) >= 11 is 1.45. The van der Waals surface area contributed by atoms with E-state index in [0.29, 0.717) is 13.0 Å². The molecular formula is C22H23N3O2S. The largest absolute Gasteiger partial charge is 0.494 e. The molecule has 0 saturated heterocycles. The van der Waals surface area contributed by atoms with Crippen LogP contribution >= 0.6 is 11.8 Å². The number of nitrogens with zero attached hydrogens (tertiary/aromatic N) is 2. The van der Waals surface area contributed by atoms with E-state index < -0.39 is 0 Å². The lowest BCUT2D eigenvalue weighted by atomic mass is 10.1. The van der Waals surface area contributed by atoms with E-state index in [0.717, 1.165) is 27.7 Å². The van der Waals surface area contributed by atoms with Gasteiger partial charge in [0, 0.05) is 11.3 Å². The number of ether oxygens (including phenoxy) is 1. The van der Waals surface area contributed by atoms with E-state index in [1.54, 1.807) is 6.33 Å². The van der Waals surface area contributed by atoms with Gasteiger partial charge in [0.2, 0.25) is 5.91 Å². The lowest BCUT2D eigenvalue weighted by Gasteiger charge is -2.15. The fourth-order valence-electron chi connectivity index (χ4n) is 2.66. The average molecular weight is 394 g/mol. The van der Waals surface area contributed by atoms with Crippen molar-refractivity contribution in [2.75, 3.05) is 11.9 Å². The van der Waals surface area contributed by atoms with E-state index in [4.69, 9.17) is 4.74 Å². The second-order valence-electron chi connectivity index (χ2n) is 6.07. The predicted octanol–water partition coefficient (Wildman–Crippen LogP) is 5.05. The molecule has 1 N–H and O–H groups in total. The van der Waals surface area contributed by atoms with Gasteiger partial charge < -0.3 is 10.1 Å². The maximum atomic E-state index is 12.7. The summed E-state index contributed by atoms with van der Waals surface area (Å²) in [6.45, 7) is 4.55. The van der Waals surface area contributed by atoms with Crippen molar-refractivity contribution in [2.24, 2.45) is 0 Å². The lowest BCUT2D eigenvalue weighted by molar-refractivity contribution is -0.115. The van der Waals surface area contributed by atoms with E-state index in [9.17, 15) is 4.79 Å². The Kier molecular flexibility index (Phi) is 7.03. The monoisotopic (exact) mass is 393 g/mol. The zero-order chi connectivity index (χ0) is 19.8. The highest BCUT2D eigenvalue weighted by molar-refractivity contribution is 8.00. The van der Waals surface area contributed by atoms with Crippen LogP contribution in [0.1, 0.15) is 20.3 Å². The summed E-state index contributed by atoms with van der Waals surface area (Å²) in [5.74, 6) is 0.743. The first-order chi connectivity index (χ1) is 13.7. The fourth-order valence-corrected chi connectivity index (χ4v) is 3.57. The third kappa shape index (κ3) is 5.33. The Morgan fingerprint density at radius 2 is 1.82 bits per heavy atom. The molecule has 2 aromatic carbocycles. The number of aromatic nitrogens is 2. The molecule has 0 bridgehead atoms. The second-order valence-corrected chi connectivity index (χ2v) is 7.29. The van der Waals surface area contributed by atoms with Crippen molar-refractivity contribution in [2.45, 2.75) is 30.5 Å². The molecule has 0 fully saturated rings. The molecule has 0 aliphatic rings. The molecule has 0 aliphatic carbocycles. The quantitative estimate of drug-likeness (QED) is 0.428. The molecule has 1 heterocycles. The van der Waals surface area contributed by atoms with Crippen molar-refractivity contribution in [1.82, 2.24) is 9.97 Å². The highest BCUT2D eigenvalue weighted by Crippen LogP contribution is 2.27. The Labute approximate surface area is 169 Å². The van der Waals surface area contributed by atoms with Crippen LogP contribution in [0, 0.1) is 0 Å². The minimum Gasteiger partial charge on any atom is -0.494 e. The van der Waals surface area contributed by atoms with Crippen LogP contribution in [0.3, 0.4) is 0 Å². The first kappa shape index (κ1) is 19.9. The molecule has 6 heteroatoms. The van der Waals surface area contributed by atoms with Gasteiger partial charge in [-0.1, -0.05) is 49.0 Å². The van der Waals surface area contributed by atoms with E-state index in [1.807, 2.05) is 74.5 Å². The number of nitrogens with one attached hydrogen (secondary N) is 1. The highest BCUT2D eigenvalue weighted by Gasteiger charge is 2.19. The third-order valence-corrected chi connectivity index (χ3v) is 5.37. The van der Waals surface area contributed by atoms with E-state index >= 15 is 0 Å². The molecule has 1 aromatic heterocycles. The molecule has 0 radical (unpaired) electrons. The Balaban J connectivity index is 1.67. The van der Waals surface area contributed by atoms with Crippen LogP contribution in [0.15, 0.2) is 72.0 Å². The summed E-state index contributed by atoms with van der Waals surface area (Å²) in [7, 11) is 0. The number of benzene rings is 2. The predicted molar refractivity (Wildman–Crippen MR) is 114 cm³/mol. The minimum absolute atomic E-state index is 0.0449. The van der Waals surface area contributed by atoms with Crippen LogP contribution in [0.5, 0.6) is 5.75 Å². The smallest absolute Gasteiger partial charge is 0.237 e. The highest BCUT2D eigenvalue weighted by atomic mass is 32.2. The Bertz CT molecular complexity index is 901.